The van der Waals surface area contributed by atoms with E-state index in [-0.39, 0.29) is 0 Å². The molecule has 0 bridgehead atoms. The van der Waals surface area contributed by atoms with Gasteiger partial charge in [0.2, 0.25) is 0 Å². The summed E-state index contributed by atoms with van der Waals surface area (Å²) in [6, 6.07) is 12.4. The van der Waals surface area contributed by atoms with Gasteiger partial charge >= 0.3 is 0 Å². The molecule has 0 N–H and O–H groups in total. The molecule has 0 unspecified atom stereocenters. The number of aryl methyl sites for hydroxylation is 1. The fourth-order valence-electron chi connectivity index (χ4n) is 2.07. The predicted molar refractivity (Wildman–Crippen MR) is 84.1 cm³/mol. The fourth-order valence-corrected chi connectivity index (χ4v) is 2.07. The van der Waals surface area contributed by atoms with E-state index in [1.165, 1.54) is 18.4 Å². The van der Waals surface area contributed by atoms with Gasteiger partial charge in [0.05, 0.1) is 12.3 Å². The van der Waals surface area contributed by atoms with Crippen molar-refractivity contribution >= 4 is 0 Å². The summed E-state index contributed by atoms with van der Waals surface area (Å²) in [7, 11) is 0. The van der Waals surface area contributed by atoms with Crippen molar-refractivity contribution in [1.29, 1.82) is 0 Å². The number of hydrogen-bond acceptors (Lipinski definition) is 2. The second-order valence-corrected chi connectivity index (χ2v) is 5.03. The van der Waals surface area contributed by atoms with E-state index in [0.717, 1.165) is 36.5 Å². The van der Waals surface area contributed by atoms with Crippen LogP contribution in [-0.2, 0) is 6.42 Å². The zero-order valence-electron chi connectivity index (χ0n) is 12.4. The lowest BCUT2D eigenvalue weighted by molar-refractivity contribution is 0.317. The maximum absolute atomic E-state index is 5.59. The molecule has 0 aliphatic rings. The van der Waals surface area contributed by atoms with Gasteiger partial charge in [-0.05, 0) is 55.2 Å². The molecule has 1 heterocycles. The lowest BCUT2D eigenvalue weighted by atomic mass is 10.1. The SMILES string of the molecule is CCCCc1ccc(-c2ccc(OCCC)cc2)nc1. The predicted octanol–water partition coefficient (Wildman–Crippen LogP) is 4.88. The van der Waals surface area contributed by atoms with Crippen LogP contribution in [0.5, 0.6) is 5.75 Å². The Morgan fingerprint density at radius 1 is 0.950 bits per heavy atom. The first-order valence-corrected chi connectivity index (χ1v) is 7.51. The van der Waals surface area contributed by atoms with Crippen molar-refractivity contribution < 1.29 is 4.74 Å². The molecule has 0 fully saturated rings. The van der Waals surface area contributed by atoms with E-state index >= 15 is 0 Å². The second kappa shape index (κ2) is 7.68. The smallest absolute Gasteiger partial charge is 0.119 e. The third-order valence-corrected chi connectivity index (χ3v) is 3.27. The van der Waals surface area contributed by atoms with Gasteiger partial charge in [-0.25, -0.2) is 0 Å². The molecule has 2 heteroatoms. The van der Waals surface area contributed by atoms with Gasteiger partial charge in [-0.3, -0.25) is 4.98 Å². The van der Waals surface area contributed by atoms with Crippen molar-refractivity contribution in [2.75, 3.05) is 6.61 Å². The summed E-state index contributed by atoms with van der Waals surface area (Å²) in [5.41, 5.74) is 3.47. The average molecular weight is 269 g/mol. The van der Waals surface area contributed by atoms with Gasteiger partial charge in [-0.15, -0.1) is 0 Å². The summed E-state index contributed by atoms with van der Waals surface area (Å²) in [6.45, 7) is 5.09. The van der Waals surface area contributed by atoms with Crippen LogP contribution in [0.25, 0.3) is 11.3 Å². The van der Waals surface area contributed by atoms with Crippen molar-refractivity contribution in [2.45, 2.75) is 39.5 Å². The summed E-state index contributed by atoms with van der Waals surface area (Å²) in [5.74, 6) is 0.926. The van der Waals surface area contributed by atoms with Crippen molar-refractivity contribution in [3.8, 4) is 17.0 Å². The van der Waals surface area contributed by atoms with Gasteiger partial charge in [-0.2, -0.15) is 0 Å². The summed E-state index contributed by atoms with van der Waals surface area (Å²) < 4.78 is 5.59. The van der Waals surface area contributed by atoms with Crippen molar-refractivity contribution in [1.82, 2.24) is 4.98 Å². The number of benzene rings is 1. The zero-order chi connectivity index (χ0) is 14.2. The van der Waals surface area contributed by atoms with Gasteiger partial charge in [0, 0.05) is 11.8 Å². The zero-order valence-corrected chi connectivity index (χ0v) is 12.4. The molecule has 2 nitrogen and oxygen atoms in total. The van der Waals surface area contributed by atoms with E-state index in [1.54, 1.807) is 0 Å². The van der Waals surface area contributed by atoms with Gasteiger partial charge in [-0.1, -0.05) is 26.3 Å². The number of pyridine rings is 1. The highest BCUT2D eigenvalue weighted by Crippen LogP contribution is 2.21. The summed E-state index contributed by atoms with van der Waals surface area (Å²) >= 11 is 0. The van der Waals surface area contributed by atoms with Crippen molar-refractivity contribution in [3.05, 3.63) is 48.2 Å². The normalized spacial score (nSPS) is 10.5. The van der Waals surface area contributed by atoms with Crippen molar-refractivity contribution in [3.63, 3.8) is 0 Å². The molecular formula is C18H23NO. The number of unbranched alkanes of at least 4 members (excludes halogenated alkanes) is 1. The minimum atomic E-state index is 0.768. The molecule has 20 heavy (non-hydrogen) atoms. The van der Waals surface area contributed by atoms with Crippen LogP contribution < -0.4 is 4.74 Å². The molecule has 106 valence electrons. The largest absolute Gasteiger partial charge is 0.494 e. The highest BCUT2D eigenvalue weighted by atomic mass is 16.5. The van der Waals surface area contributed by atoms with Gasteiger partial charge in [0.25, 0.3) is 0 Å². The Balaban J connectivity index is 2.03. The summed E-state index contributed by atoms with van der Waals surface area (Å²) in [5, 5.41) is 0. The molecule has 0 aliphatic carbocycles. The van der Waals surface area contributed by atoms with Crippen LogP contribution >= 0.6 is 0 Å². The lowest BCUT2D eigenvalue weighted by Gasteiger charge is -2.06. The number of aromatic nitrogens is 1. The van der Waals surface area contributed by atoms with E-state index in [4.69, 9.17) is 4.74 Å². The van der Waals surface area contributed by atoms with Gasteiger partial charge in [0.1, 0.15) is 5.75 Å². The molecule has 2 aromatic rings. The highest BCUT2D eigenvalue weighted by Gasteiger charge is 2.01. The maximum Gasteiger partial charge on any atom is 0.119 e. The molecular weight excluding hydrogens is 246 g/mol. The number of rotatable bonds is 7. The van der Waals surface area contributed by atoms with Crippen LogP contribution in [0.1, 0.15) is 38.7 Å². The Hall–Kier alpha value is -1.83. The lowest BCUT2D eigenvalue weighted by Crippen LogP contribution is -1.94. The van der Waals surface area contributed by atoms with E-state index in [9.17, 15) is 0 Å². The van der Waals surface area contributed by atoms with Crippen LogP contribution in [-0.4, -0.2) is 11.6 Å². The second-order valence-electron chi connectivity index (χ2n) is 5.03. The number of nitrogens with zero attached hydrogens (tertiary/aromatic N) is 1. The Morgan fingerprint density at radius 3 is 2.35 bits per heavy atom. The summed E-state index contributed by atoms with van der Waals surface area (Å²) in [6.07, 6.45) is 6.59. The van der Waals surface area contributed by atoms with E-state index in [0.29, 0.717) is 0 Å². The Labute approximate surface area is 121 Å². The first kappa shape index (κ1) is 14.6. The molecule has 0 radical (unpaired) electrons. The third kappa shape index (κ3) is 4.09. The van der Waals surface area contributed by atoms with Crippen LogP contribution in [0, 0.1) is 0 Å². The standard InChI is InChI=1S/C18H23NO/c1-3-5-6-15-7-12-18(19-14-15)16-8-10-17(11-9-16)20-13-4-2/h7-12,14H,3-6,13H2,1-2H3. The highest BCUT2D eigenvalue weighted by molar-refractivity contribution is 5.60. The van der Waals surface area contributed by atoms with Crippen LogP contribution in [0.2, 0.25) is 0 Å². The monoisotopic (exact) mass is 269 g/mol. The third-order valence-electron chi connectivity index (χ3n) is 3.27. The molecule has 0 saturated heterocycles. The van der Waals surface area contributed by atoms with E-state index in [2.05, 4.69) is 43.1 Å². The molecule has 2 rings (SSSR count). The quantitative estimate of drug-likeness (QED) is 0.714. The molecule has 1 aromatic carbocycles. The Kier molecular flexibility index (Phi) is 5.60. The maximum atomic E-state index is 5.59. The molecule has 0 saturated carbocycles. The van der Waals surface area contributed by atoms with Crippen LogP contribution in [0.15, 0.2) is 42.6 Å². The van der Waals surface area contributed by atoms with Crippen molar-refractivity contribution in [2.24, 2.45) is 0 Å². The van der Waals surface area contributed by atoms with Gasteiger partial charge in [0.15, 0.2) is 0 Å². The molecule has 1 aromatic heterocycles. The number of hydrogen-bond donors (Lipinski definition) is 0. The fraction of sp³-hybridized carbons (Fsp3) is 0.389. The minimum Gasteiger partial charge on any atom is -0.494 e. The van der Waals surface area contributed by atoms with Crippen LogP contribution in [0.3, 0.4) is 0 Å². The first-order chi connectivity index (χ1) is 9.83. The Morgan fingerprint density at radius 2 is 1.75 bits per heavy atom. The topological polar surface area (TPSA) is 22.1 Å². The molecule has 0 amide bonds. The van der Waals surface area contributed by atoms with E-state index < -0.39 is 0 Å². The molecule has 0 spiro atoms. The molecule has 0 atom stereocenters. The minimum absolute atomic E-state index is 0.768. The average Bonchev–Trinajstić information content (AvgIpc) is 2.52. The first-order valence-electron chi connectivity index (χ1n) is 7.51. The summed E-state index contributed by atoms with van der Waals surface area (Å²) in [4.78, 5) is 4.55. The molecule has 0 aliphatic heterocycles. The van der Waals surface area contributed by atoms with Gasteiger partial charge < -0.3 is 4.74 Å². The van der Waals surface area contributed by atoms with E-state index in [1.807, 2.05) is 18.3 Å². The number of ether oxygens (including phenoxy) is 1. The Bertz CT molecular complexity index is 452. The van der Waals surface area contributed by atoms with Crippen LogP contribution in [0.4, 0.5) is 0 Å².